The third-order valence-corrected chi connectivity index (χ3v) is 6.66. The molecule has 0 radical (unpaired) electrons. The van der Waals surface area contributed by atoms with Crippen LogP contribution in [0.25, 0.3) is 10.2 Å². The summed E-state index contributed by atoms with van der Waals surface area (Å²) in [5.41, 5.74) is 1.40. The highest BCUT2D eigenvalue weighted by Crippen LogP contribution is 2.40. The third-order valence-electron chi connectivity index (χ3n) is 5.53. The molecule has 2 aromatic carbocycles. The molecule has 0 bridgehead atoms. The van der Waals surface area contributed by atoms with Crippen LogP contribution in [0.5, 0.6) is 23.0 Å². The molecule has 8 nitrogen and oxygen atoms in total. The molecule has 0 atom stereocenters. The summed E-state index contributed by atoms with van der Waals surface area (Å²) < 4.78 is 23.2. The van der Waals surface area contributed by atoms with Crippen LogP contribution in [0.15, 0.2) is 30.3 Å². The zero-order chi connectivity index (χ0) is 23.4. The van der Waals surface area contributed by atoms with Gasteiger partial charge < -0.3 is 28.7 Å². The molecular formula is C24H29N3O5S. The Morgan fingerprint density at radius 1 is 0.909 bits per heavy atom. The first kappa shape index (κ1) is 23.0. The fraction of sp³-hybridized carbons (Fsp3) is 0.417. The van der Waals surface area contributed by atoms with E-state index in [-0.39, 0.29) is 5.91 Å². The average Bonchev–Trinajstić information content (AvgIpc) is 3.30. The molecule has 1 amide bonds. The molecular weight excluding hydrogens is 442 g/mol. The Kier molecular flexibility index (Phi) is 7.08. The molecule has 2 heterocycles. The normalized spacial score (nSPS) is 13.8. The summed E-state index contributed by atoms with van der Waals surface area (Å²) >= 11 is 1.58. The van der Waals surface area contributed by atoms with Crippen LogP contribution in [-0.2, 0) is 0 Å². The number of carbonyl (C=O) groups excluding carboxylic acids is 1. The molecule has 3 aromatic rings. The largest absolute Gasteiger partial charge is 0.495 e. The van der Waals surface area contributed by atoms with Crippen molar-refractivity contribution in [1.29, 1.82) is 0 Å². The first-order chi connectivity index (χ1) is 16.1. The van der Waals surface area contributed by atoms with Gasteiger partial charge in [-0.1, -0.05) is 11.3 Å². The van der Waals surface area contributed by atoms with Crippen LogP contribution < -0.4 is 23.8 Å². The van der Waals surface area contributed by atoms with Crippen molar-refractivity contribution < 1.29 is 23.7 Å². The van der Waals surface area contributed by atoms with E-state index in [0.29, 0.717) is 56.5 Å². The summed E-state index contributed by atoms with van der Waals surface area (Å²) in [7, 11) is 3.30. The molecule has 4 rings (SSSR count). The number of methoxy groups -OCH3 is 2. The monoisotopic (exact) mass is 471 g/mol. The smallest absolute Gasteiger partial charge is 0.254 e. The second kappa shape index (κ2) is 10.2. The number of hydrogen-bond donors (Lipinski definition) is 0. The van der Waals surface area contributed by atoms with Crippen molar-refractivity contribution in [2.24, 2.45) is 0 Å². The Bertz CT molecular complexity index is 1080. The van der Waals surface area contributed by atoms with E-state index in [1.807, 2.05) is 30.9 Å². The minimum Gasteiger partial charge on any atom is -0.495 e. The van der Waals surface area contributed by atoms with E-state index in [4.69, 9.17) is 23.9 Å². The molecule has 9 heteroatoms. The molecule has 1 aliphatic heterocycles. The number of fused-ring (bicyclic) bond motifs is 1. The van der Waals surface area contributed by atoms with Gasteiger partial charge in [-0.05, 0) is 44.2 Å². The summed E-state index contributed by atoms with van der Waals surface area (Å²) in [6.45, 7) is 7.51. The van der Waals surface area contributed by atoms with Gasteiger partial charge in [0.1, 0.15) is 21.7 Å². The summed E-state index contributed by atoms with van der Waals surface area (Å²) in [6.07, 6.45) is 0. The quantitative estimate of drug-likeness (QED) is 0.490. The Balaban J connectivity index is 1.48. The van der Waals surface area contributed by atoms with Gasteiger partial charge in [0.05, 0.1) is 27.4 Å². The highest BCUT2D eigenvalue weighted by atomic mass is 32.1. The topological polar surface area (TPSA) is 73.4 Å². The Labute approximate surface area is 197 Å². The fourth-order valence-electron chi connectivity index (χ4n) is 3.88. The van der Waals surface area contributed by atoms with Crippen LogP contribution in [-0.4, -0.2) is 69.4 Å². The number of piperazine rings is 1. The van der Waals surface area contributed by atoms with Crippen LogP contribution in [0.4, 0.5) is 5.13 Å². The molecule has 0 spiro atoms. The van der Waals surface area contributed by atoms with E-state index in [1.54, 1.807) is 43.8 Å². The number of amides is 1. The van der Waals surface area contributed by atoms with Crippen molar-refractivity contribution in [2.75, 3.05) is 58.5 Å². The molecule has 1 saturated heterocycles. The van der Waals surface area contributed by atoms with E-state index in [0.717, 1.165) is 26.8 Å². The number of thiazole rings is 1. The van der Waals surface area contributed by atoms with Gasteiger partial charge in [0.2, 0.25) is 0 Å². The van der Waals surface area contributed by atoms with Crippen LogP contribution >= 0.6 is 11.3 Å². The van der Waals surface area contributed by atoms with Gasteiger partial charge in [-0.3, -0.25) is 4.79 Å². The molecule has 1 aromatic heterocycles. The Morgan fingerprint density at radius 3 is 2.21 bits per heavy atom. The first-order valence-corrected chi connectivity index (χ1v) is 11.9. The van der Waals surface area contributed by atoms with Crippen molar-refractivity contribution in [1.82, 2.24) is 9.88 Å². The van der Waals surface area contributed by atoms with Crippen molar-refractivity contribution >= 4 is 32.6 Å². The van der Waals surface area contributed by atoms with Crippen LogP contribution in [0.1, 0.15) is 24.2 Å². The Hall–Kier alpha value is -3.20. The number of aromatic nitrogens is 1. The number of carbonyl (C=O) groups is 1. The molecule has 1 fully saturated rings. The van der Waals surface area contributed by atoms with E-state index in [9.17, 15) is 4.79 Å². The van der Waals surface area contributed by atoms with Crippen molar-refractivity contribution in [3.05, 3.63) is 35.9 Å². The van der Waals surface area contributed by atoms with Crippen LogP contribution in [0, 0.1) is 0 Å². The molecule has 0 aliphatic carbocycles. The summed E-state index contributed by atoms with van der Waals surface area (Å²) in [5, 5.41) is 0.902. The lowest BCUT2D eigenvalue weighted by Gasteiger charge is -2.34. The number of benzene rings is 2. The second-order valence-corrected chi connectivity index (χ2v) is 8.43. The van der Waals surface area contributed by atoms with E-state index in [1.165, 1.54) is 0 Å². The zero-order valence-electron chi connectivity index (χ0n) is 19.4. The second-order valence-electron chi connectivity index (χ2n) is 7.45. The lowest BCUT2D eigenvalue weighted by Crippen LogP contribution is -2.48. The lowest BCUT2D eigenvalue weighted by atomic mass is 10.1. The molecule has 176 valence electrons. The zero-order valence-corrected chi connectivity index (χ0v) is 20.2. The van der Waals surface area contributed by atoms with Crippen LogP contribution in [0.2, 0.25) is 0 Å². The molecule has 0 unspecified atom stereocenters. The van der Waals surface area contributed by atoms with Crippen molar-refractivity contribution in [2.45, 2.75) is 13.8 Å². The van der Waals surface area contributed by atoms with Gasteiger partial charge in [0.15, 0.2) is 16.6 Å². The SMILES string of the molecule is CCOc1ccc(C(=O)N2CCN(c3nc4c(OC)ccc(OC)c4s3)CC2)cc1OCC. The predicted molar refractivity (Wildman–Crippen MR) is 130 cm³/mol. The number of hydrogen-bond acceptors (Lipinski definition) is 8. The number of ether oxygens (including phenoxy) is 4. The molecule has 0 saturated carbocycles. The van der Waals surface area contributed by atoms with Crippen LogP contribution in [0.3, 0.4) is 0 Å². The summed E-state index contributed by atoms with van der Waals surface area (Å²) in [4.78, 5) is 22.0. The maximum absolute atomic E-state index is 13.1. The van der Waals surface area contributed by atoms with Gasteiger partial charge >= 0.3 is 0 Å². The number of anilines is 1. The van der Waals surface area contributed by atoms with Gasteiger partial charge in [-0.15, -0.1) is 0 Å². The lowest BCUT2D eigenvalue weighted by molar-refractivity contribution is 0.0746. The van der Waals surface area contributed by atoms with E-state index < -0.39 is 0 Å². The van der Waals surface area contributed by atoms with Gasteiger partial charge in [-0.25, -0.2) is 4.98 Å². The standard InChI is InChI=1S/C24H29N3O5S/c1-5-31-17-8-7-16(15-20(17)32-6-2)23(28)26-11-13-27(14-12-26)24-25-21-18(29-3)9-10-19(30-4)22(21)33-24/h7-10,15H,5-6,11-14H2,1-4H3. The molecule has 33 heavy (non-hydrogen) atoms. The van der Waals surface area contributed by atoms with Crippen molar-refractivity contribution in [3.63, 3.8) is 0 Å². The minimum absolute atomic E-state index is 0.00806. The maximum atomic E-state index is 13.1. The molecule has 1 aliphatic rings. The average molecular weight is 472 g/mol. The predicted octanol–water partition coefficient (Wildman–Crippen LogP) is 4.07. The van der Waals surface area contributed by atoms with E-state index in [2.05, 4.69) is 4.90 Å². The maximum Gasteiger partial charge on any atom is 0.254 e. The Morgan fingerprint density at radius 2 is 1.55 bits per heavy atom. The minimum atomic E-state index is -0.00806. The van der Waals surface area contributed by atoms with Crippen molar-refractivity contribution in [3.8, 4) is 23.0 Å². The summed E-state index contributed by atoms with van der Waals surface area (Å²) in [5.74, 6) is 2.75. The summed E-state index contributed by atoms with van der Waals surface area (Å²) in [6, 6.07) is 9.14. The van der Waals surface area contributed by atoms with Gasteiger partial charge in [0, 0.05) is 31.7 Å². The highest BCUT2D eigenvalue weighted by molar-refractivity contribution is 7.22. The molecule has 0 N–H and O–H groups in total. The van der Waals surface area contributed by atoms with E-state index >= 15 is 0 Å². The number of nitrogens with zero attached hydrogens (tertiary/aromatic N) is 3. The fourth-order valence-corrected chi connectivity index (χ4v) is 5.00. The van der Waals surface area contributed by atoms with Gasteiger partial charge in [-0.2, -0.15) is 0 Å². The third kappa shape index (κ3) is 4.64. The first-order valence-electron chi connectivity index (χ1n) is 11.0. The highest BCUT2D eigenvalue weighted by Gasteiger charge is 2.26. The number of rotatable bonds is 8. The van der Waals surface area contributed by atoms with Gasteiger partial charge in [0.25, 0.3) is 5.91 Å².